The first-order chi connectivity index (χ1) is 11.6. The van der Waals surface area contributed by atoms with E-state index in [0.717, 1.165) is 23.5 Å². The van der Waals surface area contributed by atoms with Gasteiger partial charge in [0.15, 0.2) is 5.69 Å². The first-order valence-electron chi connectivity index (χ1n) is 7.51. The van der Waals surface area contributed by atoms with Crippen LogP contribution in [-0.4, -0.2) is 29.0 Å². The van der Waals surface area contributed by atoms with Gasteiger partial charge >= 0.3 is 0 Å². The molecule has 6 nitrogen and oxygen atoms in total. The van der Waals surface area contributed by atoms with Crippen molar-refractivity contribution >= 4 is 40.8 Å². The number of nitrogen functional groups attached to an aromatic ring is 1. The lowest BCUT2D eigenvalue weighted by atomic mass is 10.2. The van der Waals surface area contributed by atoms with E-state index in [2.05, 4.69) is 15.0 Å². The molecule has 4 N–H and O–H groups in total. The first-order valence-corrected chi connectivity index (χ1v) is 9.51. The molecule has 0 bridgehead atoms. The van der Waals surface area contributed by atoms with Crippen molar-refractivity contribution in [3.63, 3.8) is 0 Å². The number of nitrogens with two attached hydrogens (primary N) is 1. The van der Waals surface area contributed by atoms with Gasteiger partial charge in [-0.05, 0) is 41.9 Å². The number of hydrogen-bond acceptors (Lipinski definition) is 6. The predicted octanol–water partition coefficient (Wildman–Crippen LogP) is 2.52. The minimum Gasteiger partial charge on any atom is -0.395 e. The number of hydrogen-bond donors (Lipinski definition) is 3. The number of thioether (sulfide) groups is 1. The van der Waals surface area contributed by atoms with Gasteiger partial charge in [-0.1, -0.05) is 19.1 Å². The highest BCUT2D eigenvalue weighted by molar-refractivity contribution is 7.98. The zero-order valence-electron chi connectivity index (χ0n) is 13.6. The summed E-state index contributed by atoms with van der Waals surface area (Å²) in [4.78, 5) is 25.6. The van der Waals surface area contributed by atoms with Crippen molar-refractivity contribution in [1.82, 2.24) is 15.0 Å². The molecule has 24 heavy (non-hydrogen) atoms. The molecular formula is C16H20N4O2S2. The average molecular weight is 364 g/mol. The third-order valence-corrected chi connectivity index (χ3v) is 4.90. The summed E-state index contributed by atoms with van der Waals surface area (Å²) in [5.41, 5.74) is 7.14. The van der Waals surface area contributed by atoms with Gasteiger partial charge in [0.25, 0.3) is 11.8 Å². The Morgan fingerprint density at radius 3 is 2.54 bits per heavy atom. The van der Waals surface area contributed by atoms with Crippen LogP contribution in [0.2, 0.25) is 0 Å². The number of nitrogens with zero attached hydrogens (tertiary/aromatic N) is 1. The van der Waals surface area contributed by atoms with Crippen LogP contribution in [0, 0.1) is 0 Å². The molecule has 0 fully saturated rings. The highest BCUT2D eigenvalue weighted by Gasteiger charge is 2.21. The summed E-state index contributed by atoms with van der Waals surface area (Å²) >= 11 is 2.60. The predicted molar refractivity (Wildman–Crippen MR) is 98.5 cm³/mol. The third kappa shape index (κ3) is 4.48. The maximum Gasteiger partial charge on any atom is 0.273 e. The lowest BCUT2D eigenvalue weighted by molar-refractivity contribution is 0.0949. The summed E-state index contributed by atoms with van der Waals surface area (Å²) in [6.07, 6.45) is 2.83. The van der Waals surface area contributed by atoms with Crippen LogP contribution in [0.4, 0.5) is 5.69 Å². The molecule has 0 spiro atoms. The maximum atomic E-state index is 12.3. The minimum absolute atomic E-state index is 0.114. The quantitative estimate of drug-likeness (QED) is 0.656. The number of amides is 2. The summed E-state index contributed by atoms with van der Waals surface area (Å²) in [6, 6.07) is 7.93. The zero-order valence-corrected chi connectivity index (χ0v) is 15.2. The SMILES string of the molecule is CCCNC(=O)c1nsc(C(=O)NCc2ccc(SC)cc2)c1N. The molecule has 2 amide bonds. The van der Waals surface area contributed by atoms with Crippen molar-refractivity contribution in [2.75, 3.05) is 18.5 Å². The molecule has 2 rings (SSSR count). The van der Waals surface area contributed by atoms with Crippen LogP contribution in [0.1, 0.15) is 39.1 Å². The van der Waals surface area contributed by atoms with Crippen LogP contribution in [0.25, 0.3) is 0 Å². The molecule has 0 saturated heterocycles. The van der Waals surface area contributed by atoms with Crippen molar-refractivity contribution < 1.29 is 9.59 Å². The van der Waals surface area contributed by atoms with Gasteiger partial charge in [0.1, 0.15) is 4.88 Å². The monoisotopic (exact) mass is 364 g/mol. The molecule has 1 aromatic heterocycles. The Balaban J connectivity index is 1.99. The number of carbonyl (C=O) groups excluding carboxylic acids is 2. The molecule has 0 aliphatic heterocycles. The van der Waals surface area contributed by atoms with Gasteiger partial charge in [0, 0.05) is 18.0 Å². The minimum atomic E-state index is -0.350. The van der Waals surface area contributed by atoms with Gasteiger partial charge in [-0.2, -0.15) is 4.37 Å². The van der Waals surface area contributed by atoms with E-state index in [-0.39, 0.29) is 28.1 Å². The fourth-order valence-corrected chi connectivity index (χ4v) is 3.08. The number of nitrogens with one attached hydrogen (secondary N) is 2. The van der Waals surface area contributed by atoms with Crippen molar-refractivity contribution in [3.8, 4) is 0 Å². The van der Waals surface area contributed by atoms with Crippen LogP contribution in [-0.2, 0) is 6.54 Å². The van der Waals surface area contributed by atoms with Gasteiger partial charge in [0.2, 0.25) is 0 Å². The van der Waals surface area contributed by atoms with Crippen LogP contribution in [0.3, 0.4) is 0 Å². The van der Waals surface area contributed by atoms with E-state index >= 15 is 0 Å². The molecule has 128 valence electrons. The van der Waals surface area contributed by atoms with E-state index in [9.17, 15) is 9.59 Å². The second kappa shape index (κ2) is 8.70. The molecule has 0 atom stereocenters. The molecule has 8 heteroatoms. The van der Waals surface area contributed by atoms with Crippen LogP contribution >= 0.6 is 23.3 Å². The van der Waals surface area contributed by atoms with E-state index in [0.29, 0.717) is 13.1 Å². The molecule has 0 radical (unpaired) electrons. The lowest BCUT2D eigenvalue weighted by Crippen LogP contribution is -2.26. The molecule has 2 aromatic rings. The zero-order chi connectivity index (χ0) is 17.5. The Kier molecular flexibility index (Phi) is 6.62. The molecular weight excluding hydrogens is 344 g/mol. The van der Waals surface area contributed by atoms with Crippen LogP contribution in [0.15, 0.2) is 29.2 Å². The van der Waals surface area contributed by atoms with Crippen molar-refractivity contribution in [1.29, 1.82) is 0 Å². The number of rotatable bonds is 7. The lowest BCUT2D eigenvalue weighted by Gasteiger charge is -2.05. The Labute approximate surface area is 149 Å². The molecule has 1 aromatic carbocycles. The van der Waals surface area contributed by atoms with E-state index in [1.807, 2.05) is 37.4 Å². The number of benzene rings is 1. The Morgan fingerprint density at radius 1 is 1.21 bits per heavy atom. The number of anilines is 1. The Bertz CT molecular complexity index is 713. The molecule has 0 aliphatic rings. The fraction of sp³-hybridized carbons (Fsp3) is 0.312. The Morgan fingerprint density at radius 2 is 1.92 bits per heavy atom. The van der Waals surface area contributed by atoms with Crippen molar-refractivity contribution in [2.45, 2.75) is 24.8 Å². The smallest absolute Gasteiger partial charge is 0.273 e. The summed E-state index contributed by atoms with van der Waals surface area (Å²) in [5, 5.41) is 5.50. The molecule has 0 unspecified atom stereocenters. The highest BCUT2D eigenvalue weighted by Crippen LogP contribution is 2.22. The standard InChI is InChI=1S/C16H20N4O2S2/c1-3-8-18-15(21)13-12(17)14(24-20-13)16(22)19-9-10-4-6-11(23-2)7-5-10/h4-7H,3,8-9,17H2,1-2H3,(H,18,21)(H,19,22). The third-order valence-electron chi connectivity index (χ3n) is 3.30. The normalized spacial score (nSPS) is 10.4. The van der Waals surface area contributed by atoms with Gasteiger partial charge in [-0.15, -0.1) is 11.8 Å². The topological polar surface area (TPSA) is 97.1 Å². The first kappa shape index (κ1) is 18.3. The fourth-order valence-electron chi connectivity index (χ4n) is 1.95. The number of aromatic nitrogens is 1. The van der Waals surface area contributed by atoms with Crippen LogP contribution < -0.4 is 16.4 Å². The van der Waals surface area contributed by atoms with Crippen molar-refractivity contribution in [2.24, 2.45) is 0 Å². The second-order valence-corrected chi connectivity index (χ2v) is 6.71. The van der Waals surface area contributed by atoms with Crippen molar-refractivity contribution in [3.05, 3.63) is 40.4 Å². The maximum absolute atomic E-state index is 12.3. The number of carbonyl (C=O) groups is 2. The summed E-state index contributed by atoms with van der Waals surface area (Å²) in [6.45, 7) is 2.89. The van der Waals surface area contributed by atoms with Gasteiger partial charge in [0.05, 0.1) is 5.69 Å². The van der Waals surface area contributed by atoms with Crippen LogP contribution in [0.5, 0.6) is 0 Å². The summed E-state index contributed by atoms with van der Waals surface area (Å²) in [5.74, 6) is -0.675. The molecule has 1 heterocycles. The average Bonchev–Trinajstić information content (AvgIpc) is 2.99. The largest absolute Gasteiger partial charge is 0.395 e. The second-order valence-electron chi connectivity index (χ2n) is 5.06. The summed E-state index contributed by atoms with van der Waals surface area (Å²) in [7, 11) is 0. The Hall–Kier alpha value is -2.06. The summed E-state index contributed by atoms with van der Waals surface area (Å²) < 4.78 is 4.01. The van der Waals surface area contributed by atoms with E-state index in [1.165, 1.54) is 4.90 Å². The van der Waals surface area contributed by atoms with Gasteiger partial charge in [-0.3, -0.25) is 9.59 Å². The molecule has 0 saturated carbocycles. The van der Waals surface area contributed by atoms with E-state index < -0.39 is 0 Å². The van der Waals surface area contributed by atoms with E-state index in [1.54, 1.807) is 11.8 Å². The van der Waals surface area contributed by atoms with Gasteiger partial charge < -0.3 is 16.4 Å². The molecule has 0 aliphatic carbocycles. The van der Waals surface area contributed by atoms with E-state index in [4.69, 9.17) is 5.73 Å². The highest BCUT2D eigenvalue weighted by atomic mass is 32.2. The van der Waals surface area contributed by atoms with Gasteiger partial charge in [-0.25, -0.2) is 0 Å².